The van der Waals surface area contributed by atoms with Crippen molar-refractivity contribution < 1.29 is 0 Å². The number of aromatic nitrogens is 1. The van der Waals surface area contributed by atoms with Crippen LogP contribution in [0.25, 0.3) is 82.1 Å². The maximum atomic E-state index is 2.55. The van der Waals surface area contributed by atoms with Crippen LogP contribution in [0, 0.1) is 0 Å². The molecule has 1 aromatic heterocycles. The highest BCUT2D eigenvalue weighted by molar-refractivity contribution is 8.05. The summed E-state index contributed by atoms with van der Waals surface area (Å²) in [6.07, 6.45) is 0. The van der Waals surface area contributed by atoms with Crippen LogP contribution in [-0.2, 0) is 5.41 Å². The van der Waals surface area contributed by atoms with E-state index in [1.54, 1.807) is 0 Å². The van der Waals surface area contributed by atoms with Crippen molar-refractivity contribution in [2.45, 2.75) is 38.8 Å². The highest BCUT2D eigenvalue weighted by atomic mass is 32.2. The third-order valence-corrected chi connectivity index (χ3v) is 14.5. The SMILES string of the molecule is CC1(C)c2cc3c(cc2-c2ccc4c5ccccc5n(-c5cccc(-c6ccc7c8ccccc8c8ccccc8c7c6)c5)c4c21)Sc1ccccc1S3. The van der Waals surface area contributed by atoms with Gasteiger partial charge in [0.2, 0.25) is 0 Å². The third kappa shape index (κ3) is 4.20. The number of hydrogen-bond acceptors (Lipinski definition) is 2. The average Bonchev–Trinajstić information content (AvgIpc) is 3.67. The van der Waals surface area contributed by atoms with Crippen LogP contribution in [0.3, 0.4) is 0 Å². The lowest BCUT2D eigenvalue weighted by atomic mass is 9.81. The summed E-state index contributed by atoms with van der Waals surface area (Å²) in [5.74, 6) is 0. The van der Waals surface area contributed by atoms with Crippen LogP contribution in [0.2, 0.25) is 0 Å². The average molecular weight is 724 g/mol. The van der Waals surface area contributed by atoms with Crippen molar-refractivity contribution in [2.24, 2.45) is 0 Å². The van der Waals surface area contributed by atoms with Crippen LogP contribution in [0.1, 0.15) is 25.0 Å². The zero-order chi connectivity index (χ0) is 35.7. The van der Waals surface area contributed by atoms with E-state index in [1.807, 2.05) is 23.5 Å². The smallest absolute Gasteiger partial charge is 0.0588 e. The molecule has 0 fully saturated rings. The molecule has 2 aliphatic rings. The summed E-state index contributed by atoms with van der Waals surface area (Å²) >= 11 is 3.82. The Labute approximate surface area is 322 Å². The van der Waals surface area contributed by atoms with E-state index >= 15 is 0 Å². The zero-order valence-electron chi connectivity index (χ0n) is 29.9. The van der Waals surface area contributed by atoms with Gasteiger partial charge in [0.15, 0.2) is 0 Å². The van der Waals surface area contributed by atoms with Gasteiger partial charge in [0.05, 0.1) is 11.0 Å². The number of para-hydroxylation sites is 1. The van der Waals surface area contributed by atoms with E-state index in [2.05, 4.69) is 182 Å². The van der Waals surface area contributed by atoms with Gasteiger partial charge in [-0.15, -0.1) is 0 Å². The fraction of sp³-hybridized carbons (Fsp3) is 0.0588. The number of hydrogen-bond donors (Lipinski definition) is 0. The molecule has 0 radical (unpaired) electrons. The van der Waals surface area contributed by atoms with Crippen LogP contribution in [0.4, 0.5) is 0 Å². The van der Waals surface area contributed by atoms with E-state index in [1.165, 1.54) is 113 Å². The first kappa shape index (κ1) is 30.7. The van der Waals surface area contributed by atoms with Crippen molar-refractivity contribution in [1.82, 2.24) is 4.57 Å². The lowest BCUT2D eigenvalue weighted by Gasteiger charge is -2.25. The summed E-state index contributed by atoms with van der Waals surface area (Å²) in [4.78, 5) is 5.40. The summed E-state index contributed by atoms with van der Waals surface area (Å²) < 4.78 is 2.55. The molecule has 0 spiro atoms. The summed E-state index contributed by atoms with van der Waals surface area (Å²) in [6, 6.07) is 61.4. The second-order valence-electron chi connectivity index (χ2n) is 15.3. The predicted molar refractivity (Wildman–Crippen MR) is 231 cm³/mol. The van der Waals surface area contributed by atoms with Crippen molar-refractivity contribution in [1.29, 1.82) is 0 Å². The molecule has 0 unspecified atom stereocenters. The van der Waals surface area contributed by atoms with Crippen molar-refractivity contribution in [3.05, 3.63) is 175 Å². The third-order valence-electron chi connectivity index (χ3n) is 12.0. The second kappa shape index (κ2) is 11.1. The minimum atomic E-state index is -0.187. The monoisotopic (exact) mass is 723 g/mol. The van der Waals surface area contributed by atoms with Gasteiger partial charge < -0.3 is 4.57 Å². The first-order chi connectivity index (χ1) is 26.5. The van der Waals surface area contributed by atoms with Crippen LogP contribution in [0.5, 0.6) is 0 Å². The molecule has 12 rings (SSSR count). The number of benzene rings is 9. The fourth-order valence-electron chi connectivity index (χ4n) is 9.54. The molecule has 0 saturated carbocycles. The van der Waals surface area contributed by atoms with E-state index in [0.29, 0.717) is 0 Å². The Morgan fingerprint density at radius 3 is 1.70 bits per heavy atom. The Balaban J connectivity index is 1.07. The summed E-state index contributed by atoms with van der Waals surface area (Å²) in [5, 5.41) is 10.4. The van der Waals surface area contributed by atoms with Crippen molar-refractivity contribution >= 4 is 77.6 Å². The Bertz CT molecular complexity index is 3220. The molecular weight excluding hydrogens is 691 g/mol. The largest absolute Gasteiger partial charge is 0.309 e. The molecule has 0 atom stereocenters. The van der Waals surface area contributed by atoms with E-state index in [4.69, 9.17) is 0 Å². The minimum Gasteiger partial charge on any atom is -0.309 e. The van der Waals surface area contributed by atoms with Crippen molar-refractivity contribution in [3.63, 3.8) is 0 Å². The van der Waals surface area contributed by atoms with Crippen molar-refractivity contribution in [2.75, 3.05) is 0 Å². The fourth-order valence-corrected chi connectivity index (χ4v) is 11.8. The molecule has 1 aliphatic carbocycles. The van der Waals surface area contributed by atoms with E-state index in [9.17, 15) is 0 Å². The molecule has 2 heterocycles. The first-order valence-corrected chi connectivity index (χ1v) is 20.3. The molecule has 0 N–H and O–H groups in total. The van der Waals surface area contributed by atoms with Crippen LogP contribution < -0.4 is 0 Å². The lowest BCUT2D eigenvalue weighted by Crippen LogP contribution is -2.17. The van der Waals surface area contributed by atoms with Gasteiger partial charge in [0, 0.05) is 41.5 Å². The van der Waals surface area contributed by atoms with Gasteiger partial charge >= 0.3 is 0 Å². The molecule has 254 valence electrons. The van der Waals surface area contributed by atoms with Gasteiger partial charge in [0.25, 0.3) is 0 Å². The Morgan fingerprint density at radius 1 is 0.407 bits per heavy atom. The van der Waals surface area contributed by atoms with Gasteiger partial charge in [0.1, 0.15) is 0 Å². The van der Waals surface area contributed by atoms with Gasteiger partial charge in [-0.3, -0.25) is 0 Å². The zero-order valence-corrected chi connectivity index (χ0v) is 31.5. The van der Waals surface area contributed by atoms with Gasteiger partial charge in [-0.2, -0.15) is 0 Å². The van der Waals surface area contributed by atoms with Gasteiger partial charge in [-0.1, -0.05) is 153 Å². The van der Waals surface area contributed by atoms with E-state index < -0.39 is 0 Å². The predicted octanol–water partition coefficient (Wildman–Crippen LogP) is 14.8. The number of rotatable bonds is 2. The summed E-state index contributed by atoms with van der Waals surface area (Å²) in [6.45, 7) is 4.86. The van der Waals surface area contributed by atoms with E-state index in [0.717, 1.165) is 0 Å². The quantitative estimate of drug-likeness (QED) is 0.164. The molecule has 1 nitrogen and oxygen atoms in total. The molecule has 0 amide bonds. The summed E-state index contributed by atoms with van der Waals surface area (Å²) in [5.41, 5.74) is 11.5. The highest BCUT2D eigenvalue weighted by Crippen LogP contribution is 2.57. The van der Waals surface area contributed by atoms with Gasteiger partial charge in [-0.05, 0) is 114 Å². The van der Waals surface area contributed by atoms with Crippen LogP contribution in [0.15, 0.2) is 183 Å². The molecule has 10 aromatic rings. The molecular formula is C51H33NS2. The van der Waals surface area contributed by atoms with E-state index in [-0.39, 0.29) is 5.41 Å². The Hall–Kier alpha value is -5.74. The maximum absolute atomic E-state index is 2.55. The maximum Gasteiger partial charge on any atom is 0.0588 e. The lowest BCUT2D eigenvalue weighted by molar-refractivity contribution is 0.661. The number of nitrogens with zero attached hydrogens (tertiary/aromatic N) is 1. The Morgan fingerprint density at radius 2 is 0.981 bits per heavy atom. The normalized spacial score (nSPS) is 14.1. The summed E-state index contributed by atoms with van der Waals surface area (Å²) in [7, 11) is 0. The molecule has 0 saturated heterocycles. The standard InChI is InChI=1S/C51H33NS2/c1-51(2)43-29-48-47(53-45-20-9-10-21-46(45)54-48)28-42(43)39-24-25-40-38-18-7-8-19-44(38)52(50(40)49(39)51)32-13-11-12-30(26-32)31-22-23-37-35-16-4-3-14-33(35)34-15-5-6-17-36(34)41(37)27-31/h3-29H,1-2H3. The number of fused-ring (bicyclic) bond motifs is 15. The molecule has 0 bridgehead atoms. The van der Waals surface area contributed by atoms with Crippen LogP contribution in [-0.4, -0.2) is 4.57 Å². The Kier molecular flexibility index (Phi) is 6.33. The van der Waals surface area contributed by atoms with Crippen LogP contribution >= 0.6 is 23.5 Å². The molecule has 1 aliphatic heterocycles. The molecule has 54 heavy (non-hydrogen) atoms. The highest BCUT2D eigenvalue weighted by Gasteiger charge is 2.40. The molecule has 3 heteroatoms. The minimum absolute atomic E-state index is 0.187. The topological polar surface area (TPSA) is 4.93 Å². The second-order valence-corrected chi connectivity index (χ2v) is 17.4. The molecule has 9 aromatic carbocycles. The van der Waals surface area contributed by atoms with Gasteiger partial charge in [-0.25, -0.2) is 0 Å². The van der Waals surface area contributed by atoms with Crippen molar-refractivity contribution in [3.8, 4) is 27.9 Å². The first-order valence-electron chi connectivity index (χ1n) is 18.7.